The van der Waals surface area contributed by atoms with Crippen LogP contribution in [-0.4, -0.2) is 42.0 Å². The summed E-state index contributed by atoms with van der Waals surface area (Å²) in [6, 6.07) is 18.6. The van der Waals surface area contributed by atoms with Gasteiger partial charge in [0.2, 0.25) is 0 Å². The van der Waals surface area contributed by atoms with Crippen molar-refractivity contribution in [1.29, 1.82) is 0 Å². The molecule has 1 saturated heterocycles. The van der Waals surface area contributed by atoms with Gasteiger partial charge in [0, 0.05) is 18.8 Å². The Labute approximate surface area is 166 Å². The number of rotatable bonds is 5. The number of anilines is 1. The number of nitrogens with one attached hydrogen (secondary N) is 2. The van der Waals surface area contributed by atoms with Crippen LogP contribution in [-0.2, 0) is 4.74 Å². The van der Waals surface area contributed by atoms with Crippen LogP contribution in [0.25, 0.3) is 0 Å². The van der Waals surface area contributed by atoms with E-state index in [0.717, 1.165) is 37.7 Å². The number of ether oxygens (including phenoxy) is 1. The van der Waals surface area contributed by atoms with Crippen molar-refractivity contribution in [3.05, 3.63) is 65.7 Å². The molecular weight excluding hydrogens is 356 g/mol. The molecule has 2 aromatic rings. The Kier molecular flexibility index (Phi) is 6.92. The molecule has 0 spiro atoms. The number of benzene rings is 2. The van der Waals surface area contributed by atoms with Crippen LogP contribution in [0.1, 0.15) is 24.1 Å². The summed E-state index contributed by atoms with van der Waals surface area (Å²) >= 11 is 5.38. The largest absolute Gasteiger partial charge is 0.379 e. The minimum atomic E-state index is 0.102. The van der Waals surface area contributed by atoms with Crippen molar-refractivity contribution in [2.75, 3.05) is 31.6 Å². The molecule has 0 aliphatic carbocycles. The molecule has 0 bridgehead atoms. The van der Waals surface area contributed by atoms with Gasteiger partial charge >= 0.3 is 0 Å². The molecule has 142 valence electrons. The third-order valence-electron chi connectivity index (χ3n) is 4.57. The Morgan fingerprint density at radius 1 is 1.07 bits per heavy atom. The number of hydrogen-bond donors (Lipinski definition) is 2. The molecule has 1 heterocycles. The van der Waals surface area contributed by atoms with Gasteiger partial charge in [-0.15, -0.1) is 0 Å². The highest BCUT2D eigenvalue weighted by Gasteiger charge is 2.25. The van der Waals surface area contributed by atoms with E-state index >= 15 is 0 Å². The number of hydrogen-bond acceptors (Lipinski definition) is 4. The number of thiocarbonyl (C=S) groups is 1. The van der Waals surface area contributed by atoms with Gasteiger partial charge < -0.3 is 10.1 Å². The fourth-order valence-corrected chi connectivity index (χ4v) is 3.35. The lowest BCUT2D eigenvalue weighted by atomic mass is 10.0. The Morgan fingerprint density at radius 2 is 1.74 bits per heavy atom. The van der Waals surface area contributed by atoms with E-state index in [4.69, 9.17) is 17.0 Å². The van der Waals surface area contributed by atoms with Gasteiger partial charge in [-0.25, -0.2) is 0 Å². The van der Waals surface area contributed by atoms with E-state index in [2.05, 4.69) is 51.9 Å². The normalized spacial score (nSPS) is 16.6. The van der Waals surface area contributed by atoms with Gasteiger partial charge in [0.15, 0.2) is 5.11 Å². The maximum absolute atomic E-state index is 5.51. The van der Waals surface area contributed by atoms with E-state index in [-0.39, 0.29) is 6.04 Å². The first kappa shape index (κ1) is 19.5. The average molecular weight is 383 g/mol. The molecule has 1 atom stereocenters. The van der Waals surface area contributed by atoms with Crippen molar-refractivity contribution in [2.24, 2.45) is 5.10 Å². The topological polar surface area (TPSA) is 48.9 Å². The molecular formula is C21H26N4OS. The fourth-order valence-electron chi connectivity index (χ4n) is 3.18. The molecule has 0 unspecified atom stereocenters. The summed E-state index contributed by atoms with van der Waals surface area (Å²) in [5.74, 6) is 0. The van der Waals surface area contributed by atoms with Crippen LogP contribution in [0.2, 0.25) is 0 Å². The second-order valence-corrected chi connectivity index (χ2v) is 7.05. The van der Waals surface area contributed by atoms with Gasteiger partial charge in [0.1, 0.15) is 0 Å². The first-order valence-electron chi connectivity index (χ1n) is 9.18. The van der Waals surface area contributed by atoms with Crippen LogP contribution in [0.4, 0.5) is 5.69 Å². The summed E-state index contributed by atoms with van der Waals surface area (Å²) < 4.78 is 5.51. The summed E-state index contributed by atoms with van der Waals surface area (Å²) in [4.78, 5) is 2.40. The lowest BCUT2D eigenvalue weighted by Crippen LogP contribution is -2.42. The maximum Gasteiger partial charge on any atom is 0.191 e. The lowest BCUT2D eigenvalue weighted by molar-refractivity contribution is 0.0285. The van der Waals surface area contributed by atoms with Crippen molar-refractivity contribution in [3.63, 3.8) is 0 Å². The van der Waals surface area contributed by atoms with Gasteiger partial charge in [-0.3, -0.25) is 10.3 Å². The van der Waals surface area contributed by atoms with Gasteiger partial charge in [-0.1, -0.05) is 48.0 Å². The first-order chi connectivity index (χ1) is 13.1. The van der Waals surface area contributed by atoms with Crippen molar-refractivity contribution in [2.45, 2.75) is 19.9 Å². The Morgan fingerprint density at radius 3 is 2.41 bits per heavy atom. The third kappa shape index (κ3) is 5.60. The summed E-state index contributed by atoms with van der Waals surface area (Å²) in [6.45, 7) is 7.36. The van der Waals surface area contributed by atoms with Gasteiger partial charge in [0.25, 0.3) is 0 Å². The molecule has 1 aliphatic rings. The van der Waals surface area contributed by atoms with Crippen LogP contribution < -0.4 is 10.7 Å². The predicted octanol–water partition coefficient (Wildman–Crippen LogP) is 3.73. The third-order valence-corrected chi connectivity index (χ3v) is 4.76. The molecule has 27 heavy (non-hydrogen) atoms. The molecule has 0 radical (unpaired) electrons. The number of hydrazone groups is 1. The zero-order valence-electron chi connectivity index (χ0n) is 15.8. The standard InChI is InChI=1S/C21H26N4OS/c1-16-8-10-19(11-9-16)22-21(27)24-23-17(2)20(18-6-4-3-5-7-18)25-12-14-26-15-13-25/h3-11,20H,12-15H2,1-2H3,(H2,22,24,27)/b23-17-/t20-/m0/s1. The van der Waals surface area contributed by atoms with Crippen LogP contribution in [0.5, 0.6) is 0 Å². The Balaban J connectivity index is 1.69. The fraction of sp³-hybridized carbons (Fsp3) is 0.333. The minimum Gasteiger partial charge on any atom is -0.379 e. The summed E-state index contributed by atoms with van der Waals surface area (Å²) in [5, 5.41) is 8.21. The Bertz CT molecular complexity index is 771. The predicted molar refractivity (Wildman–Crippen MR) is 115 cm³/mol. The van der Waals surface area contributed by atoms with Crippen LogP contribution >= 0.6 is 12.2 Å². The minimum absolute atomic E-state index is 0.102. The first-order valence-corrected chi connectivity index (χ1v) is 9.59. The lowest BCUT2D eigenvalue weighted by Gasteiger charge is -2.34. The number of morpholine rings is 1. The van der Waals surface area contributed by atoms with Crippen LogP contribution in [0.3, 0.4) is 0 Å². The number of aryl methyl sites for hydroxylation is 1. The maximum atomic E-state index is 5.51. The van der Waals surface area contributed by atoms with E-state index in [0.29, 0.717) is 5.11 Å². The molecule has 1 aliphatic heterocycles. The highest BCUT2D eigenvalue weighted by atomic mass is 32.1. The summed E-state index contributed by atoms with van der Waals surface area (Å²) in [5.41, 5.74) is 7.33. The van der Waals surface area contributed by atoms with Crippen molar-refractivity contribution >= 4 is 28.7 Å². The highest BCUT2D eigenvalue weighted by molar-refractivity contribution is 7.80. The molecule has 3 rings (SSSR count). The quantitative estimate of drug-likeness (QED) is 0.469. The van der Waals surface area contributed by atoms with E-state index in [9.17, 15) is 0 Å². The molecule has 0 amide bonds. The van der Waals surface area contributed by atoms with E-state index in [1.54, 1.807) is 0 Å². The summed E-state index contributed by atoms with van der Waals surface area (Å²) in [6.07, 6.45) is 0. The van der Waals surface area contributed by atoms with Gasteiger partial charge in [0.05, 0.1) is 25.0 Å². The highest BCUT2D eigenvalue weighted by Crippen LogP contribution is 2.23. The van der Waals surface area contributed by atoms with E-state index in [1.165, 1.54) is 11.1 Å². The van der Waals surface area contributed by atoms with Gasteiger partial charge in [-0.05, 0) is 43.8 Å². The van der Waals surface area contributed by atoms with E-state index < -0.39 is 0 Å². The zero-order valence-corrected chi connectivity index (χ0v) is 16.6. The smallest absolute Gasteiger partial charge is 0.191 e. The van der Waals surface area contributed by atoms with Crippen molar-refractivity contribution in [1.82, 2.24) is 10.3 Å². The molecule has 5 nitrogen and oxygen atoms in total. The second kappa shape index (κ2) is 9.60. The van der Waals surface area contributed by atoms with Crippen molar-refractivity contribution in [3.8, 4) is 0 Å². The molecule has 1 fully saturated rings. The summed E-state index contributed by atoms with van der Waals surface area (Å²) in [7, 11) is 0. The van der Waals surface area contributed by atoms with Crippen LogP contribution in [0.15, 0.2) is 59.7 Å². The van der Waals surface area contributed by atoms with Crippen molar-refractivity contribution < 1.29 is 4.74 Å². The van der Waals surface area contributed by atoms with Gasteiger partial charge in [-0.2, -0.15) is 5.10 Å². The monoisotopic (exact) mass is 382 g/mol. The molecule has 6 heteroatoms. The second-order valence-electron chi connectivity index (χ2n) is 6.65. The molecule has 0 aromatic heterocycles. The number of nitrogens with zero attached hydrogens (tertiary/aromatic N) is 2. The average Bonchev–Trinajstić information content (AvgIpc) is 2.70. The van der Waals surface area contributed by atoms with E-state index in [1.807, 2.05) is 37.3 Å². The van der Waals surface area contributed by atoms with Crippen LogP contribution in [0, 0.1) is 6.92 Å². The zero-order chi connectivity index (χ0) is 19.1. The molecule has 0 saturated carbocycles. The Hall–Kier alpha value is -2.28. The molecule has 2 N–H and O–H groups in total. The SMILES string of the molecule is C/C(=N/NC(=S)Nc1ccc(C)cc1)[C@@H](c1ccccc1)N1CCOCC1. The molecule has 2 aromatic carbocycles.